The van der Waals surface area contributed by atoms with Gasteiger partial charge in [0.15, 0.2) is 0 Å². The summed E-state index contributed by atoms with van der Waals surface area (Å²) in [4.78, 5) is 29.9. The average molecular weight is 411 g/mol. The molecule has 1 saturated heterocycles. The summed E-state index contributed by atoms with van der Waals surface area (Å²) in [5.41, 5.74) is 1.98. The van der Waals surface area contributed by atoms with Crippen LogP contribution in [0.1, 0.15) is 49.7 Å². The number of rotatable bonds is 3. The maximum Gasteiger partial charge on any atom is 0.407 e. The molecule has 1 aliphatic heterocycles. The Hall–Kier alpha value is -3.22. The Labute approximate surface area is 175 Å². The van der Waals surface area contributed by atoms with Crippen LogP contribution in [0.15, 0.2) is 48.0 Å². The third-order valence-electron chi connectivity index (χ3n) is 5.22. The Morgan fingerprint density at radius 1 is 1.20 bits per heavy atom. The van der Waals surface area contributed by atoms with Crippen LogP contribution in [0.3, 0.4) is 0 Å². The van der Waals surface area contributed by atoms with Gasteiger partial charge in [-0.2, -0.15) is 0 Å². The Balaban J connectivity index is 1.75. The summed E-state index contributed by atoms with van der Waals surface area (Å²) in [7, 11) is 0. The number of nitrogens with zero attached hydrogens (tertiary/aromatic N) is 2. The van der Waals surface area contributed by atoms with Crippen molar-refractivity contribution in [1.82, 2.24) is 9.88 Å². The van der Waals surface area contributed by atoms with Crippen LogP contribution < -0.4 is 5.32 Å². The lowest BCUT2D eigenvalue weighted by Gasteiger charge is -2.42. The molecule has 0 aliphatic carbocycles. The number of pyridine rings is 1. The molecule has 2 heterocycles. The number of halogens is 1. The summed E-state index contributed by atoms with van der Waals surface area (Å²) >= 11 is 0. The van der Waals surface area contributed by atoms with E-state index in [1.807, 2.05) is 32.9 Å². The Kier molecular flexibility index (Phi) is 6.20. The second kappa shape index (κ2) is 8.65. The maximum atomic E-state index is 13.0. The number of carbonyl (C=O) groups excluding carboxylic acids is 1. The molecule has 1 atom stereocenters. The minimum atomic E-state index is -0.891. The summed E-state index contributed by atoms with van der Waals surface area (Å²) in [5, 5.41) is 12.2. The van der Waals surface area contributed by atoms with Crippen LogP contribution >= 0.6 is 0 Å². The summed E-state index contributed by atoms with van der Waals surface area (Å²) in [6.07, 6.45) is 2.36. The molecule has 2 N–H and O–H groups in total. The van der Waals surface area contributed by atoms with E-state index in [0.29, 0.717) is 36.5 Å². The van der Waals surface area contributed by atoms with Gasteiger partial charge in [0, 0.05) is 18.2 Å². The number of hydrogen-bond acceptors (Lipinski definition) is 3. The number of aromatic nitrogens is 1. The first-order valence-corrected chi connectivity index (χ1v) is 9.86. The van der Waals surface area contributed by atoms with E-state index in [-0.39, 0.29) is 17.4 Å². The summed E-state index contributed by atoms with van der Waals surface area (Å²) in [6.45, 7) is 6.57. The van der Waals surface area contributed by atoms with Crippen LogP contribution in [-0.2, 0) is 0 Å². The number of piperidine rings is 1. The normalized spacial score (nSPS) is 18.3. The standard InChI is InChI=1S/C23H26FN3O3/c1-23(2,3)19-14-15(11-12-27(19)22(29)30)13-18-5-4-6-20(25-18)26-21(28)16-7-9-17(24)10-8-16/h4-10,13,19H,11-12,14H2,1-3H3,(H,29,30)(H,25,26,28). The number of benzene rings is 1. The van der Waals surface area contributed by atoms with Crippen molar-refractivity contribution in [3.8, 4) is 0 Å². The predicted molar refractivity (Wildman–Crippen MR) is 114 cm³/mol. The number of amides is 2. The van der Waals surface area contributed by atoms with Crippen molar-refractivity contribution in [2.24, 2.45) is 5.41 Å². The van der Waals surface area contributed by atoms with Crippen molar-refractivity contribution in [2.45, 2.75) is 39.7 Å². The van der Waals surface area contributed by atoms with E-state index in [0.717, 1.165) is 5.57 Å². The van der Waals surface area contributed by atoms with E-state index >= 15 is 0 Å². The topological polar surface area (TPSA) is 82.5 Å². The lowest BCUT2D eigenvalue weighted by atomic mass is 9.79. The first-order valence-electron chi connectivity index (χ1n) is 9.86. The SMILES string of the molecule is CC(C)(C)C1CC(=Cc2cccc(NC(=O)c3ccc(F)cc3)n2)CCN1C(=O)O. The zero-order valence-electron chi connectivity index (χ0n) is 17.4. The molecule has 1 unspecified atom stereocenters. The zero-order chi connectivity index (χ0) is 21.9. The minimum absolute atomic E-state index is 0.114. The molecule has 0 bridgehead atoms. The lowest BCUT2D eigenvalue weighted by molar-refractivity contribution is 0.0724. The number of carboxylic acid groups (broad SMARTS) is 1. The van der Waals surface area contributed by atoms with Gasteiger partial charge in [0.25, 0.3) is 5.91 Å². The van der Waals surface area contributed by atoms with E-state index in [1.165, 1.54) is 29.2 Å². The molecule has 0 spiro atoms. The van der Waals surface area contributed by atoms with Gasteiger partial charge in [0.05, 0.1) is 5.69 Å². The van der Waals surface area contributed by atoms with E-state index < -0.39 is 11.9 Å². The molecular weight excluding hydrogens is 385 g/mol. The number of anilines is 1. The number of likely N-dealkylation sites (tertiary alicyclic amines) is 1. The molecule has 3 rings (SSSR count). The number of carbonyl (C=O) groups is 2. The van der Waals surface area contributed by atoms with Crippen molar-refractivity contribution in [2.75, 3.05) is 11.9 Å². The lowest BCUT2D eigenvalue weighted by Crippen LogP contribution is -2.50. The Morgan fingerprint density at radius 3 is 2.53 bits per heavy atom. The first-order chi connectivity index (χ1) is 14.1. The Bertz CT molecular complexity index is 964. The summed E-state index contributed by atoms with van der Waals surface area (Å²) < 4.78 is 13.0. The Morgan fingerprint density at radius 2 is 1.90 bits per heavy atom. The van der Waals surface area contributed by atoms with Crippen LogP contribution in [0.4, 0.5) is 15.0 Å². The van der Waals surface area contributed by atoms with Crippen molar-refractivity contribution in [1.29, 1.82) is 0 Å². The van der Waals surface area contributed by atoms with Gasteiger partial charge in [0.2, 0.25) is 0 Å². The first kappa shape index (κ1) is 21.5. The molecule has 1 aromatic carbocycles. The molecular formula is C23H26FN3O3. The largest absolute Gasteiger partial charge is 0.465 e. The van der Waals surface area contributed by atoms with E-state index in [1.54, 1.807) is 12.1 Å². The molecule has 0 radical (unpaired) electrons. The molecule has 2 amide bonds. The molecule has 2 aromatic rings. The van der Waals surface area contributed by atoms with Gasteiger partial charge >= 0.3 is 6.09 Å². The quantitative estimate of drug-likeness (QED) is 0.741. The van der Waals surface area contributed by atoms with Gasteiger partial charge in [-0.05, 0) is 60.7 Å². The highest BCUT2D eigenvalue weighted by atomic mass is 19.1. The van der Waals surface area contributed by atoms with Gasteiger partial charge < -0.3 is 15.3 Å². The fraction of sp³-hybridized carbons (Fsp3) is 0.348. The summed E-state index contributed by atoms with van der Waals surface area (Å²) in [5.74, 6) is -0.371. The van der Waals surface area contributed by atoms with Gasteiger partial charge in [-0.15, -0.1) is 0 Å². The van der Waals surface area contributed by atoms with Gasteiger partial charge in [-0.3, -0.25) is 4.79 Å². The number of nitrogens with one attached hydrogen (secondary N) is 1. The van der Waals surface area contributed by atoms with Crippen LogP contribution in [0, 0.1) is 11.2 Å². The maximum absolute atomic E-state index is 13.0. The van der Waals surface area contributed by atoms with Gasteiger partial charge in [0.1, 0.15) is 11.6 Å². The second-order valence-corrected chi connectivity index (χ2v) is 8.52. The summed E-state index contributed by atoms with van der Waals surface area (Å²) in [6, 6.07) is 10.5. The molecule has 6 nitrogen and oxygen atoms in total. The van der Waals surface area contributed by atoms with E-state index in [9.17, 15) is 19.1 Å². The third-order valence-corrected chi connectivity index (χ3v) is 5.22. The highest BCUT2D eigenvalue weighted by Gasteiger charge is 2.36. The van der Waals surface area contributed by atoms with Crippen LogP contribution in [0.25, 0.3) is 6.08 Å². The van der Waals surface area contributed by atoms with Crippen molar-refractivity contribution in [3.05, 3.63) is 65.1 Å². The van der Waals surface area contributed by atoms with E-state index in [2.05, 4.69) is 10.3 Å². The molecule has 1 fully saturated rings. The van der Waals surface area contributed by atoms with E-state index in [4.69, 9.17) is 0 Å². The third kappa shape index (κ3) is 5.23. The minimum Gasteiger partial charge on any atom is -0.465 e. The van der Waals surface area contributed by atoms with Gasteiger partial charge in [-0.25, -0.2) is 14.2 Å². The van der Waals surface area contributed by atoms with Crippen LogP contribution in [-0.4, -0.2) is 39.6 Å². The number of hydrogen-bond donors (Lipinski definition) is 2. The highest BCUT2D eigenvalue weighted by molar-refractivity contribution is 6.03. The van der Waals surface area contributed by atoms with Crippen molar-refractivity contribution >= 4 is 23.9 Å². The zero-order valence-corrected chi connectivity index (χ0v) is 17.4. The van der Waals surface area contributed by atoms with Crippen LogP contribution in [0.5, 0.6) is 0 Å². The van der Waals surface area contributed by atoms with Gasteiger partial charge in [-0.1, -0.05) is 32.4 Å². The van der Waals surface area contributed by atoms with Crippen molar-refractivity contribution < 1.29 is 19.1 Å². The van der Waals surface area contributed by atoms with Crippen molar-refractivity contribution in [3.63, 3.8) is 0 Å². The van der Waals surface area contributed by atoms with Crippen LogP contribution in [0.2, 0.25) is 0 Å². The molecule has 30 heavy (non-hydrogen) atoms. The predicted octanol–water partition coefficient (Wildman–Crippen LogP) is 5.04. The average Bonchev–Trinajstić information content (AvgIpc) is 2.68. The fourth-order valence-electron chi connectivity index (χ4n) is 3.61. The second-order valence-electron chi connectivity index (χ2n) is 8.52. The molecule has 1 aromatic heterocycles. The smallest absolute Gasteiger partial charge is 0.407 e. The monoisotopic (exact) mass is 411 g/mol. The fourth-order valence-corrected chi connectivity index (χ4v) is 3.61. The highest BCUT2D eigenvalue weighted by Crippen LogP contribution is 2.35. The molecule has 158 valence electrons. The molecule has 7 heteroatoms. The molecule has 1 aliphatic rings. The molecule has 0 saturated carbocycles.